The number of rotatable bonds is 3. The Bertz CT molecular complexity index is 1190. The van der Waals surface area contributed by atoms with Crippen LogP contribution in [-0.4, -0.2) is 23.5 Å². The summed E-state index contributed by atoms with van der Waals surface area (Å²) in [6.07, 6.45) is -1.45. The van der Waals surface area contributed by atoms with Gasteiger partial charge in [0.05, 0.1) is 0 Å². The van der Waals surface area contributed by atoms with Crippen molar-refractivity contribution in [3.05, 3.63) is 46.5 Å². The molecule has 0 N–H and O–H groups in total. The minimum atomic E-state index is -0.727. The van der Waals surface area contributed by atoms with Crippen molar-refractivity contribution < 1.29 is 28.5 Å². The van der Waals surface area contributed by atoms with Crippen LogP contribution in [0.5, 0.6) is 11.5 Å². The van der Waals surface area contributed by atoms with Gasteiger partial charge >= 0.3 is 12.3 Å². The van der Waals surface area contributed by atoms with Crippen LogP contribution in [0.15, 0.2) is 24.3 Å². The molecule has 0 saturated heterocycles. The van der Waals surface area contributed by atoms with Crippen LogP contribution in [0, 0.1) is 0 Å². The number of hydrogen-bond donors (Lipinski definition) is 0. The molecule has 0 aliphatic rings. The predicted molar refractivity (Wildman–Crippen MR) is 180 cm³/mol. The first-order valence-electron chi connectivity index (χ1n) is 15.6. The number of hydrogen-bond acceptors (Lipinski definition) is 6. The predicted octanol–water partition coefficient (Wildman–Crippen LogP) is 11.2. The van der Waals surface area contributed by atoms with Crippen LogP contribution >= 0.6 is 0 Å². The Hall–Kier alpha value is -3.02. The van der Waals surface area contributed by atoms with Crippen molar-refractivity contribution in [2.24, 2.45) is 0 Å². The van der Waals surface area contributed by atoms with E-state index in [1.807, 2.05) is 41.5 Å². The van der Waals surface area contributed by atoms with Crippen molar-refractivity contribution in [1.29, 1.82) is 0 Å². The summed E-state index contributed by atoms with van der Waals surface area (Å²) in [5.74, 6) is 1.06. The van der Waals surface area contributed by atoms with Gasteiger partial charge in [-0.05, 0) is 98.6 Å². The minimum absolute atomic E-state index is 0.354. The lowest BCUT2D eigenvalue weighted by atomic mass is 9.75. The molecule has 0 amide bonds. The first-order chi connectivity index (χ1) is 19.4. The second-order valence-electron chi connectivity index (χ2n) is 17.9. The molecule has 0 unspecified atom stereocenters. The van der Waals surface area contributed by atoms with Crippen molar-refractivity contribution in [2.75, 3.05) is 0 Å². The highest BCUT2D eigenvalue weighted by Crippen LogP contribution is 2.47. The van der Waals surface area contributed by atoms with E-state index in [0.29, 0.717) is 11.5 Å². The van der Waals surface area contributed by atoms with E-state index < -0.39 is 23.5 Å². The Kier molecular flexibility index (Phi) is 10.2. The molecular weight excluding hydrogens is 552 g/mol. The molecule has 0 aromatic heterocycles. The zero-order valence-electron chi connectivity index (χ0n) is 30.8. The third kappa shape index (κ3) is 10.0. The SMILES string of the molecule is CC(C)(C)OC(=O)Oc1c(C(C)(C)C)cc(-c2cc(C(C)(C)C)c(OC(=O)OC(C)(C)C)c(C(C)(C)C)c2)cc1C(C)(C)C. The van der Waals surface area contributed by atoms with Crippen LogP contribution in [-0.2, 0) is 31.1 Å². The molecule has 0 aliphatic heterocycles. The normalized spacial score (nSPS) is 13.4. The smallest absolute Gasteiger partial charge is 0.428 e. The van der Waals surface area contributed by atoms with E-state index in [9.17, 15) is 9.59 Å². The summed E-state index contributed by atoms with van der Waals surface area (Å²) in [4.78, 5) is 25.9. The van der Waals surface area contributed by atoms with E-state index in [-0.39, 0.29) is 21.7 Å². The maximum absolute atomic E-state index is 13.0. The highest BCUT2D eigenvalue weighted by molar-refractivity contribution is 5.76. The zero-order valence-corrected chi connectivity index (χ0v) is 30.8. The molecule has 0 bridgehead atoms. The number of carbonyl (C=O) groups excluding carboxylic acids is 2. The largest absolute Gasteiger partial charge is 0.514 e. The molecule has 0 saturated carbocycles. The summed E-state index contributed by atoms with van der Waals surface area (Å²) in [7, 11) is 0. The molecule has 2 rings (SSSR count). The highest BCUT2D eigenvalue weighted by Gasteiger charge is 2.34. The third-order valence-electron chi connectivity index (χ3n) is 6.89. The molecule has 6 heteroatoms. The summed E-state index contributed by atoms with van der Waals surface area (Å²) in [6.45, 7) is 36.3. The lowest BCUT2D eigenvalue weighted by Crippen LogP contribution is -2.28. The molecule has 2 aromatic carbocycles. The van der Waals surface area contributed by atoms with Gasteiger partial charge in [-0.25, -0.2) is 9.59 Å². The molecule has 0 fully saturated rings. The Morgan fingerprint density at radius 3 is 0.773 bits per heavy atom. The minimum Gasteiger partial charge on any atom is -0.428 e. The standard InChI is InChI=1S/C38H58O6/c1-33(2,3)25-19-23(20-26(34(4,5)6)29(25)41-31(39)43-37(13,14)15)24-21-27(35(7,8)9)30(28(22-24)36(10,11)12)42-32(40)44-38(16,17)18/h19-22H,1-18H3. The topological polar surface area (TPSA) is 71.1 Å². The van der Waals surface area contributed by atoms with Crippen molar-refractivity contribution in [1.82, 2.24) is 0 Å². The second-order valence-corrected chi connectivity index (χ2v) is 17.9. The number of carbonyl (C=O) groups is 2. The first-order valence-corrected chi connectivity index (χ1v) is 15.6. The lowest BCUT2D eigenvalue weighted by molar-refractivity contribution is 0.0185. The van der Waals surface area contributed by atoms with Crippen LogP contribution in [0.2, 0.25) is 0 Å². The molecule has 0 aliphatic carbocycles. The van der Waals surface area contributed by atoms with Gasteiger partial charge in [0, 0.05) is 22.3 Å². The molecule has 6 nitrogen and oxygen atoms in total. The van der Waals surface area contributed by atoms with Gasteiger partial charge in [0.15, 0.2) is 0 Å². The van der Waals surface area contributed by atoms with Crippen LogP contribution in [0.3, 0.4) is 0 Å². The fourth-order valence-electron chi connectivity index (χ4n) is 4.75. The molecule has 0 heterocycles. The van der Waals surface area contributed by atoms with E-state index in [2.05, 4.69) is 107 Å². The fourth-order valence-corrected chi connectivity index (χ4v) is 4.75. The molecule has 246 valence electrons. The van der Waals surface area contributed by atoms with Gasteiger partial charge in [-0.2, -0.15) is 0 Å². The maximum Gasteiger partial charge on any atom is 0.514 e. The zero-order chi connectivity index (χ0) is 34.4. The summed E-state index contributed by atoms with van der Waals surface area (Å²) < 4.78 is 23.2. The molecular formula is C38H58O6. The van der Waals surface area contributed by atoms with Crippen molar-refractivity contribution >= 4 is 12.3 Å². The second kappa shape index (κ2) is 12.1. The monoisotopic (exact) mass is 610 g/mol. The van der Waals surface area contributed by atoms with Gasteiger partial charge in [-0.15, -0.1) is 0 Å². The van der Waals surface area contributed by atoms with Crippen LogP contribution in [0.4, 0.5) is 9.59 Å². The molecule has 0 radical (unpaired) electrons. The van der Waals surface area contributed by atoms with E-state index in [4.69, 9.17) is 18.9 Å². The Balaban J connectivity index is 2.99. The van der Waals surface area contributed by atoms with Gasteiger partial charge in [0.1, 0.15) is 22.7 Å². The average Bonchev–Trinajstić information content (AvgIpc) is 2.73. The average molecular weight is 611 g/mol. The Morgan fingerprint density at radius 1 is 0.409 bits per heavy atom. The Labute approximate surface area is 267 Å². The van der Waals surface area contributed by atoms with Gasteiger partial charge in [0.25, 0.3) is 0 Å². The van der Waals surface area contributed by atoms with Crippen molar-refractivity contribution in [2.45, 2.75) is 157 Å². The van der Waals surface area contributed by atoms with Crippen LogP contribution in [0.25, 0.3) is 11.1 Å². The van der Waals surface area contributed by atoms with E-state index in [0.717, 1.165) is 33.4 Å². The molecule has 44 heavy (non-hydrogen) atoms. The van der Waals surface area contributed by atoms with Crippen molar-refractivity contribution in [3.63, 3.8) is 0 Å². The molecule has 0 atom stereocenters. The summed E-state index contributed by atoms with van der Waals surface area (Å²) in [6, 6.07) is 8.43. The van der Waals surface area contributed by atoms with Gasteiger partial charge in [0.2, 0.25) is 0 Å². The van der Waals surface area contributed by atoms with Gasteiger partial charge < -0.3 is 18.9 Å². The van der Waals surface area contributed by atoms with Crippen molar-refractivity contribution in [3.8, 4) is 22.6 Å². The first kappa shape index (κ1) is 37.2. The highest BCUT2D eigenvalue weighted by atomic mass is 16.7. The molecule has 2 aromatic rings. The number of ether oxygens (including phenoxy) is 4. The van der Waals surface area contributed by atoms with Crippen LogP contribution < -0.4 is 9.47 Å². The number of benzene rings is 2. The summed E-state index contributed by atoms with van der Waals surface area (Å²) in [5.41, 5.74) is 2.77. The van der Waals surface area contributed by atoms with E-state index >= 15 is 0 Å². The fraction of sp³-hybridized carbons (Fsp3) is 0.632. The third-order valence-corrected chi connectivity index (χ3v) is 6.89. The van der Waals surface area contributed by atoms with E-state index in [1.54, 1.807) is 0 Å². The maximum atomic E-state index is 13.0. The lowest BCUT2D eigenvalue weighted by Gasteiger charge is -2.32. The van der Waals surface area contributed by atoms with E-state index in [1.165, 1.54) is 0 Å². The summed E-state index contributed by atoms with van der Waals surface area (Å²) in [5, 5.41) is 0. The van der Waals surface area contributed by atoms with Gasteiger partial charge in [-0.1, -0.05) is 83.1 Å². The Morgan fingerprint density at radius 2 is 0.614 bits per heavy atom. The summed E-state index contributed by atoms with van der Waals surface area (Å²) >= 11 is 0. The van der Waals surface area contributed by atoms with Crippen LogP contribution in [0.1, 0.15) is 147 Å². The van der Waals surface area contributed by atoms with Gasteiger partial charge in [-0.3, -0.25) is 0 Å². The molecule has 0 spiro atoms. The quantitative estimate of drug-likeness (QED) is 0.254.